The highest BCUT2D eigenvalue weighted by Crippen LogP contribution is 2.54. The van der Waals surface area contributed by atoms with Crippen molar-refractivity contribution in [1.29, 1.82) is 0 Å². The fourth-order valence-electron chi connectivity index (χ4n) is 6.51. The number of fused-ring (bicyclic) bond motifs is 2. The summed E-state index contributed by atoms with van der Waals surface area (Å²) in [4.78, 5) is 20.1. The molecule has 0 bridgehead atoms. The van der Waals surface area contributed by atoms with E-state index in [0.29, 0.717) is 5.92 Å². The maximum absolute atomic E-state index is 12.8. The average Bonchev–Trinajstić information content (AvgIpc) is 3.01. The summed E-state index contributed by atoms with van der Waals surface area (Å²) < 4.78 is 5.97. The summed E-state index contributed by atoms with van der Waals surface area (Å²) in [5, 5.41) is 0. The van der Waals surface area contributed by atoms with E-state index in [-0.39, 0.29) is 23.4 Å². The fraction of sp³-hybridized carbons (Fsp3) is 0.667. The highest BCUT2D eigenvalue weighted by Gasteiger charge is 2.54. The van der Waals surface area contributed by atoms with E-state index in [1.54, 1.807) is 16.0 Å². The van der Waals surface area contributed by atoms with Gasteiger partial charge in [-0.15, -0.1) is 0 Å². The van der Waals surface area contributed by atoms with E-state index in [4.69, 9.17) is 4.74 Å². The largest absolute Gasteiger partial charge is 0.462 e. The summed E-state index contributed by atoms with van der Waals surface area (Å²) in [5.74, 6) is 1.74. The molecule has 5 nitrogen and oxygen atoms in total. The number of pyridine rings is 1. The molecular formula is C24H35N3O2+2. The first-order chi connectivity index (χ1) is 14.0. The SMILES string of the molecule is CC1=C2C[C@@H]3[C@H](C[NH+]4CCN(c5cccc[nH+]5)CC4)C(=O)O[C@@H]3C[C@@]2(C)CCC1. The number of nitrogens with one attached hydrogen (secondary N) is 2. The zero-order valence-corrected chi connectivity index (χ0v) is 17.9. The molecule has 29 heavy (non-hydrogen) atoms. The Morgan fingerprint density at radius 1 is 1.31 bits per heavy atom. The molecule has 2 aliphatic carbocycles. The number of hydrogen-bond acceptors (Lipinski definition) is 3. The molecule has 0 amide bonds. The molecule has 2 saturated heterocycles. The number of ether oxygens (including phenoxy) is 1. The summed E-state index contributed by atoms with van der Waals surface area (Å²) >= 11 is 0. The number of esters is 1. The van der Waals surface area contributed by atoms with Crippen LogP contribution in [0.1, 0.15) is 46.0 Å². The summed E-state index contributed by atoms with van der Waals surface area (Å²) in [6.07, 6.45) is 8.05. The molecule has 3 fully saturated rings. The first-order valence-corrected chi connectivity index (χ1v) is 11.5. The summed E-state index contributed by atoms with van der Waals surface area (Å²) in [6.45, 7) is 9.92. The third-order valence-electron chi connectivity index (χ3n) is 8.19. The number of aromatic amines is 1. The third-order valence-corrected chi connectivity index (χ3v) is 8.19. The topological polar surface area (TPSA) is 48.1 Å². The standard InChI is InChI=1S/C24H33N3O2/c1-17-6-5-8-24(2)15-21-18(14-20(17)24)19(23(28)29-21)16-26-10-12-27(13-11-26)22-7-3-4-9-25-22/h3-4,7,9,18-19,21H,5-6,8,10-16H2,1-2H3/p+2/t18-,19+,21-,24-/m1/s1. The van der Waals surface area contributed by atoms with Gasteiger partial charge in [0.25, 0.3) is 5.82 Å². The Labute approximate surface area is 174 Å². The molecule has 5 rings (SSSR count). The van der Waals surface area contributed by atoms with Crippen molar-refractivity contribution in [1.82, 2.24) is 0 Å². The van der Waals surface area contributed by atoms with Gasteiger partial charge >= 0.3 is 5.97 Å². The minimum atomic E-state index is 0.0758. The van der Waals surface area contributed by atoms with E-state index >= 15 is 0 Å². The molecule has 2 N–H and O–H groups in total. The molecule has 3 heterocycles. The van der Waals surface area contributed by atoms with Gasteiger partial charge in [0.15, 0.2) is 0 Å². The fourth-order valence-corrected chi connectivity index (χ4v) is 6.51. The molecule has 156 valence electrons. The minimum Gasteiger partial charge on any atom is -0.462 e. The van der Waals surface area contributed by atoms with Crippen LogP contribution < -0.4 is 14.8 Å². The van der Waals surface area contributed by atoms with Gasteiger partial charge in [-0.05, 0) is 50.5 Å². The first-order valence-electron chi connectivity index (χ1n) is 11.5. The van der Waals surface area contributed by atoms with Crippen molar-refractivity contribution in [3.8, 4) is 0 Å². The normalized spacial score (nSPS) is 35.3. The lowest BCUT2D eigenvalue weighted by Crippen LogP contribution is -3.15. The number of nitrogens with zero attached hydrogens (tertiary/aromatic N) is 1. The van der Waals surface area contributed by atoms with Gasteiger partial charge in [-0.1, -0.05) is 24.1 Å². The molecule has 5 heteroatoms. The van der Waals surface area contributed by atoms with Crippen molar-refractivity contribution in [3.05, 3.63) is 35.5 Å². The molecule has 0 radical (unpaired) electrons. The van der Waals surface area contributed by atoms with Gasteiger partial charge < -0.3 is 9.64 Å². The Hall–Kier alpha value is -1.88. The van der Waals surface area contributed by atoms with Crippen LogP contribution in [-0.2, 0) is 9.53 Å². The van der Waals surface area contributed by atoms with Crippen LogP contribution >= 0.6 is 0 Å². The molecule has 4 atom stereocenters. The molecule has 1 aromatic rings. The molecule has 0 spiro atoms. The number of rotatable bonds is 3. The number of H-pyrrole nitrogens is 1. The quantitative estimate of drug-likeness (QED) is 0.623. The van der Waals surface area contributed by atoms with Crippen molar-refractivity contribution in [2.45, 2.75) is 52.1 Å². The smallest absolute Gasteiger partial charge is 0.315 e. The van der Waals surface area contributed by atoms with Crippen LogP contribution in [0.25, 0.3) is 0 Å². The number of aromatic nitrogens is 1. The Bertz CT molecular complexity index is 800. The van der Waals surface area contributed by atoms with Crippen LogP contribution in [0.3, 0.4) is 0 Å². The van der Waals surface area contributed by atoms with Crippen molar-refractivity contribution in [2.24, 2.45) is 17.3 Å². The van der Waals surface area contributed by atoms with Gasteiger partial charge in [-0.2, -0.15) is 0 Å². The van der Waals surface area contributed by atoms with E-state index in [0.717, 1.165) is 45.6 Å². The second-order valence-corrected chi connectivity index (χ2v) is 10.0. The van der Waals surface area contributed by atoms with Gasteiger partial charge in [0.2, 0.25) is 0 Å². The molecule has 1 saturated carbocycles. The van der Waals surface area contributed by atoms with Crippen molar-refractivity contribution in [2.75, 3.05) is 37.6 Å². The monoisotopic (exact) mass is 397 g/mol. The lowest BCUT2D eigenvalue weighted by molar-refractivity contribution is -0.903. The number of hydrogen-bond donors (Lipinski definition) is 1. The van der Waals surface area contributed by atoms with Crippen molar-refractivity contribution >= 4 is 11.8 Å². The Balaban J connectivity index is 1.25. The third kappa shape index (κ3) is 3.48. The zero-order valence-electron chi connectivity index (χ0n) is 17.9. The van der Waals surface area contributed by atoms with E-state index in [1.807, 2.05) is 12.3 Å². The van der Waals surface area contributed by atoms with Gasteiger partial charge in [0, 0.05) is 12.0 Å². The number of piperazine rings is 1. The van der Waals surface area contributed by atoms with Gasteiger partial charge in [-0.25, -0.2) is 4.98 Å². The predicted molar refractivity (Wildman–Crippen MR) is 112 cm³/mol. The number of carbonyl (C=O) groups excluding carboxylic acids is 1. The van der Waals surface area contributed by atoms with E-state index < -0.39 is 0 Å². The lowest BCUT2D eigenvalue weighted by atomic mass is 9.59. The molecule has 0 aromatic carbocycles. The molecule has 0 unspecified atom stereocenters. The Morgan fingerprint density at radius 3 is 2.90 bits per heavy atom. The summed E-state index contributed by atoms with van der Waals surface area (Å²) in [6, 6.07) is 6.24. The molecule has 1 aromatic heterocycles. The van der Waals surface area contributed by atoms with Crippen molar-refractivity contribution < 1.29 is 19.4 Å². The summed E-state index contributed by atoms with van der Waals surface area (Å²) in [7, 11) is 0. The van der Waals surface area contributed by atoms with Crippen LogP contribution in [0.2, 0.25) is 0 Å². The summed E-state index contributed by atoms with van der Waals surface area (Å²) in [5.41, 5.74) is 3.52. The van der Waals surface area contributed by atoms with E-state index in [9.17, 15) is 4.79 Å². The number of allylic oxidation sites excluding steroid dienone is 2. The van der Waals surface area contributed by atoms with Crippen LogP contribution in [0.15, 0.2) is 35.5 Å². The van der Waals surface area contributed by atoms with Crippen LogP contribution in [0, 0.1) is 17.3 Å². The number of quaternary nitrogens is 1. The van der Waals surface area contributed by atoms with Crippen LogP contribution in [0.4, 0.5) is 5.82 Å². The molecule has 2 aliphatic heterocycles. The van der Waals surface area contributed by atoms with E-state index in [2.05, 4.69) is 35.9 Å². The number of anilines is 1. The second-order valence-electron chi connectivity index (χ2n) is 10.0. The maximum atomic E-state index is 12.8. The van der Waals surface area contributed by atoms with Crippen LogP contribution in [0.5, 0.6) is 0 Å². The highest BCUT2D eigenvalue weighted by atomic mass is 16.6. The Kier molecular flexibility index (Phi) is 4.89. The predicted octanol–water partition coefficient (Wildman–Crippen LogP) is 1.66. The second kappa shape index (κ2) is 7.42. The van der Waals surface area contributed by atoms with Crippen molar-refractivity contribution in [3.63, 3.8) is 0 Å². The lowest BCUT2D eigenvalue weighted by Gasteiger charge is -2.45. The van der Waals surface area contributed by atoms with Crippen LogP contribution in [-0.4, -0.2) is 44.8 Å². The average molecular weight is 398 g/mol. The molecule has 4 aliphatic rings. The highest BCUT2D eigenvalue weighted by molar-refractivity contribution is 5.75. The maximum Gasteiger partial charge on any atom is 0.315 e. The minimum absolute atomic E-state index is 0.0758. The van der Waals surface area contributed by atoms with Gasteiger partial charge in [0.05, 0.1) is 12.7 Å². The van der Waals surface area contributed by atoms with Gasteiger partial charge in [0.1, 0.15) is 38.2 Å². The van der Waals surface area contributed by atoms with E-state index in [1.165, 1.54) is 25.1 Å². The first kappa shape index (κ1) is 19.1. The molecular weight excluding hydrogens is 362 g/mol. The number of carbonyl (C=O) groups is 1. The van der Waals surface area contributed by atoms with Gasteiger partial charge in [-0.3, -0.25) is 9.69 Å². The zero-order chi connectivity index (χ0) is 20.0. The Morgan fingerprint density at radius 2 is 2.14 bits per heavy atom.